The highest BCUT2D eigenvalue weighted by atomic mass is 16.5. The summed E-state index contributed by atoms with van der Waals surface area (Å²) in [5, 5.41) is 6.22. The summed E-state index contributed by atoms with van der Waals surface area (Å²) in [7, 11) is 1.66. The Bertz CT molecular complexity index is 218. The van der Waals surface area contributed by atoms with Crippen molar-refractivity contribution < 1.29 is 14.3 Å². The number of methoxy groups -OCH3 is 1. The van der Waals surface area contributed by atoms with Gasteiger partial charge in [-0.25, -0.2) is 0 Å². The average Bonchev–Trinajstić information content (AvgIpc) is 2.42. The lowest BCUT2D eigenvalue weighted by Gasteiger charge is -2.22. The lowest BCUT2D eigenvalue weighted by molar-refractivity contribution is -0.123. The van der Waals surface area contributed by atoms with Crippen molar-refractivity contribution >= 4 is 5.91 Å². The highest BCUT2D eigenvalue weighted by molar-refractivity contribution is 5.81. The highest BCUT2D eigenvalue weighted by Crippen LogP contribution is 2.06. The molecule has 18 heavy (non-hydrogen) atoms. The quantitative estimate of drug-likeness (QED) is 0.597. The van der Waals surface area contributed by atoms with Crippen molar-refractivity contribution in [3.8, 4) is 0 Å². The van der Waals surface area contributed by atoms with Crippen LogP contribution in [0.5, 0.6) is 0 Å². The molecule has 0 saturated carbocycles. The number of carbonyl (C=O) groups is 1. The van der Waals surface area contributed by atoms with Gasteiger partial charge in [0.25, 0.3) is 0 Å². The molecular formula is C13H26N2O3. The number of nitrogens with one attached hydrogen (secondary N) is 2. The van der Waals surface area contributed by atoms with Gasteiger partial charge in [0.05, 0.1) is 19.3 Å². The largest absolute Gasteiger partial charge is 0.382 e. The molecule has 1 fully saturated rings. The third kappa shape index (κ3) is 6.93. The van der Waals surface area contributed by atoms with Gasteiger partial charge in [0.15, 0.2) is 0 Å². The van der Waals surface area contributed by atoms with Gasteiger partial charge in [0.2, 0.25) is 5.91 Å². The van der Waals surface area contributed by atoms with E-state index in [-0.39, 0.29) is 11.9 Å². The number of ether oxygens (including phenoxy) is 2. The van der Waals surface area contributed by atoms with E-state index in [0.717, 1.165) is 45.4 Å². The Balaban J connectivity index is 1.89. The predicted octanol–water partition coefficient (Wildman–Crippen LogP) is 0.688. The number of rotatable bonds is 9. The summed E-state index contributed by atoms with van der Waals surface area (Å²) in [6.45, 7) is 3.73. The van der Waals surface area contributed by atoms with Crippen molar-refractivity contribution in [1.82, 2.24) is 10.6 Å². The van der Waals surface area contributed by atoms with Crippen LogP contribution in [0, 0.1) is 0 Å². The molecule has 1 saturated heterocycles. The van der Waals surface area contributed by atoms with Gasteiger partial charge < -0.3 is 20.1 Å². The minimum atomic E-state index is 0.0247. The van der Waals surface area contributed by atoms with Gasteiger partial charge in [-0.2, -0.15) is 0 Å². The van der Waals surface area contributed by atoms with Crippen LogP contribution in [0.2, 0.25) is 0 Å². The average molecular weight is 258 g/mol. The fraction of sp³-hybridized carbons (Fsp3) is 0.923. The van der Waals surface area contributed by atoms with Crippen molar-refractivity contribution in [1.29, 1.82) is 0 Å². The fourth-order valence-corrected chi connectivity index (χ4v) is 1.98. The molecule has 1 rings (SSSR count). The summed E-state index contributed by atoms with van der Waals surface area (Å²) >= 11 is 0. The molecule has 2 N–H and O–H groups in total. The molecule has 1 amide bonds. The molecule has 106 valence electrons. The minimum Gasteiger partial charge on any atom is -0.382 e. The van der Waals surface area contributed by atoms with Crippen LogP contribution < -0.4 is 10.6 Å². The van der Waals surface area contributed by atoms with E-state index in [4.69, 9.17) is 9.47 Å². The van der Waals surface area contributed by atoms with E-state index in [9.17, 15) is 4.79 Å². The van der Waals surface area contributed by atoms with Crippen LogP contribution in [0.25, 0.3) is 0 Å². The first-order chi connectivity index (χ1) is 8.84. The smallest absolute Gasteiger partial charge is 0.237 e. The Kier molecular flexibility index (Phi) is 8.81. The van der Waals surface area contributed by atoms with E-state index in [1.807, 2.05) is 0 Å². The van der Waals surface area contributed by atoms with E-state index < -0.39 is 0 Å². The SMILES string of the molecule is COCCOCCCCNC(=O)C1CCCCN1. The lowest BCUT2D eigenvalue weighted by atomic mass is 10.0. The Morgan fingerprint density at radius 3 is 2.89 bits per heavy atom. The molecule has 0 aromatic heterocycles. The van der Waals surface area contributed by atoms with Crippen molar-refractivity contribution in [3.63, 3.8) is 0 Å². The summed E-state index contributed by atoms with van der Waals surface area (Å²) in [6, 6.07) is 0.0247. The van der Waals surface area contributed by atoms with Crippen LogP contribution in [-0.4, -0.2) is 52.0 Å². The summed E-state index contributed by atoms with van der Waals surface area (Å²) in [5.74, 6) is 0.148. The van der Waals surface area contributed by atoms with E-state index in [1.165, 1.54) is 6.42 Å². The molecule has 1 aliphatic rings. The van der Waals surface area contributed by atoms with Crippen LogP contribution in [0.1, 0.15) is 32.1 Å². The Hall–Kier alpha value is -0.650. The maximum Gasteiger partial charge on any atom is 0.237 e. The normalized spacial score (nSPS) is 19.7. The van der Waals surface area contributed by atoms with E-state index in [2.05, 4.69) is 10.6 Å². The Morgan fingerprint density at radius 1 is 1.28 bits per heavy atom. The van der Waals surface area contributed by atoms with Crippen LogP contribution in [-0.2, 0) is 14.3 Å². The molecule has 1 aliphatic heterocycles. The van der Waals surface area contributed by atoms with Crippen LogP contribution >= 0.6 is 0 Å². The van der Waals surface area contributed by atoms with Crippen LogP contribution in [0.4, 0.5) is 0 Å². The van der Waals surface area contributed by atoms with Gasteiger partial charge in [-0.15, -0.1) is 0 Å². The van der Waals surface area contributed by atoms with Gasteiger partial charge in [0, 0.05) is 20.3 Å². The second kappa shape index (κ2) is 10.3. The van der Waals surface area contributed by atoms with Crippen LogP contribution in [0.15, 0.2) is 0 Å². The molecule has 0 aromatic rings. The maximum atomic E-state index is 11.8. The van der Waals surface area contributed by atoms with E-state index in [1.54, 1.807) is 7.11 Å². The van der Waals surface area contributed by atoms with Crippen molar-refractivity contribution in [2.24, 2.45) is 0 Å². The summed E-state index contributed by atoms with van der Waals surface area (Å²) in [6.07, 6.45) is 5.24. The molecule has 0 spiro atoms. The van der Waals surface area contributed by atoms with Gasteiger partial charge in [-0.1, -0.05) is 6.42 Å². The van der Waals surface area contributed by atoms with Gasteiger partial charge >= 0.3 is 0 Å². The first-order valence-corrected chi connectivity index (χ1v) is 6.92. The first-order valence-electron chi connectivity index (χ1n) is 6.92. The van der Waals surface area contributed by atoms with E-state index >= 15 is 0 Å². The molecule has 0 aliphatic carbocycles. The van der Waals surface area contributed by atoms with Crippen molar-refractivity contribution in [2.75, 3.05) is 40.0 Å². The van der Waals surface area contributed by atoms with Crippen molar-refractivity contribution in [2.45, 2.75) is 38.1 Å². The second-order valence-electron chi connectivity index (χ2n) is 4.61. The first kappa shape index (κ1) is 15.4. The summed E-state index contributed by atoms with van der Waals surface area (Å²) in [5.41, 5.74) is 0. The molecule has 0 bridgehead atoms. The van der Waals surface area contributed by atoms with Gasteiger partial charge in [-0.05, 0) is 32.2 Å². The minimum absolute atomic E-state index is 0.0247. The molecule has 1 unspecified atom stereocenters. The second-order valence-corrected chi connectivity index (χ2v) is 4.61. The number of hydrogen-bond acceptors (Lipinski definition) is 4. The van der Waals surface area contributed by atoms with Gasteiger partial charge in [0.1, 0.15) is 0 Å². The molecule has 5 nitrogen and oxygen atoms in total. The molecule has 1 heterocycles. The highest BCUT2D eigenvalue weighted by Gasteiger charge is 2.19. The zero-order chi connectivity index (χ0) is 13.1. The summed E-state index contributed by atoms with van der Waals surface area (Å²) < 4.78 is 10.2. The van der Waals surface area contributed by atoms with E-state index in [0.29, 0.717) is 13.2 Å². The zero-order valence-electron chi connectivity index (χ0n) is 11.4. The lowest BCUT2D eigenvalue weighted by Crippen LogP contribution is -2.46. The fourth-order valence-electron chi connectivity index (χ4n) is 1.98. The zero-order valence-corrected chi connectivity index (χ0v) is 11.4. The molecule has 0 aromatic carbocycles. The Labute approximate surface area is 110 Å². The predicted molar refractivity (Wildman–Crippen MR) is 70.6 cm³/mol. The third-order valence-electron chi connectivity index (χ3n) is 3.07. The number of carbonyl (C=O) groups excluding carboxylic acids is 1. The molecule has 0 radical (unpaired) electrons. The van der Waals surface area contributed by atoms with Crippen molar-refractivity contribution in [3.05, 3.63) is 0 Å². The number of hydrogen-bond donors (Lipinski definition) is 2. The number of piperidine rings is 1. The molecule has 5 heteroatoms. The maximum absolute atomic E-state index is 11.8. The third-order valence-corrected chi connectivity index (χ3v) is 3.07. The topological polar surface area (TPSA) is 59.6 Å². The number of unbranched alkanes of at least 4 members (excludes halogenated alkanes) is 1. The number of amides is 1. The summed E-state index contributed by atoms with van der Waals surface area (Å²) in [4.78, 5) is 11.8. The standard InChI is InChI=1S/C13H26N2O3/c1-17-10-11-18-9-5-4-8-15-13(16)12-6-2-3-7-14-12/h12,14H,2-11H2,1H3,(H,15,16). The molecular weight excluding hydrogens is 232 g/mol. The van der Waals surface area contributed by atoms with Gasteiger partial charge in [-0.3, -0.25) is 4.79 Å². The Morgan fingerprint density at radius 2 is 2.17 bits per heavy atom. The molecule has 1 atom stereocenters. The van der Waals surface area contributed by atoms with Crippen LogP contribution in [0.3, 0.4) is 0 Å². The monoisotopic (exact) mass is 258 g/mol.